The zero-order chi connectivity index (χ0) is 19.9. The molecule has 6 nitrogen and oxygen atoms in total. The predicted octanol–water partition coefficient (Wildman–Crippen LogP) is 3.33. The number of amides is 1. The largest absolute Gasteiger partial charge is 0.491 e. The van der Waals surface area contributed by atoms with Gasteiger partial charge < -0.3 is 20.1 Å². The van der Waals surface area contributed by atoms with Crippen LogP contribution in [-0.4, -0.2) is 35.6 Å². The Kier molecular flexibility index (Phi) is 6.90. The summed E-state index contributed by atoms with van der Waals surface area (Å²) in [6.07, 6.45) is 3.73. The molecule has 1 amide bonds. The molecule has 2 aromatic rings. The zero-order valence-electron chi connectivity index (χ0n) is 16.3. The zero-order valence-corrected chi connectivity index (χ0v) is 17.1. The van der Waals surface area contributed by atoms with Gasteiger partial charge in [-0.25, -0.2) is 4.98 Å². The van der Waals surface area contributed by atoms with Crippen LogP contribution in [0.15, 0.2) is 30.5 Å². The minimum absolute atomic E-state index is 0.0116. The molecule has 148 valence electrons. The summed E-state index contributed by atoms with van der Waals surface area (Å²) in [4.78, 5) is 17.1. The van der Waals surface area contributed by atoms with Crippen LogP contribution in [0.25, 0.3) is 0 Å². The first-order chi connectivity index (χ1) is 13.5. The van der Waals surface area contributed by atoms with Crippen LogP contribution in [0.4, 0.5) is 0 Å². The van der Waals surface area contributed by atoms with E-state index in [1.54, 1.807) is 6.20 Å². The lowest BCUT2D eigenvalue weighted by Gasteiger charge is -2.12. The van der Waals surface area contributed by atoms with Gasteiger partial charge in [-0.3, -0.25) is 4.79 Å². The van der Waals surface area contributed by atoms with E-state index in [9.17, 15) is 4.79 Å². The van der Waals surface area contributed by atoms with Crippen molar-refractivity contribution in [3.05, 3.63) is 35.3 Å². The molecule has 2 atom stereocenters. The molecule has 28 heavy (non-hydrogen) atoms. The number of ether oxygens (including phenoxy) is 2. The molecule has 0 spiro atoms. The Morgan fingerprint density at radius 1 is 1.29 bits per heavy atom. The number of hydrogen-bond acceptors (Lipinski definition) is 6. The molecule has 1 aliphatic heterocycles. The van der Waals surface area contributed by atoms with Crippen LogP contribution in [-0.2, 0) is 4.79 Å². The average Bonchev–Trinajstić information content (AvgIpc) is 3.33. The Morgan fingerprint density at radius 3 is 2.71 bits per heavy atom. The highest BCUT2D eigenvalue weighted by molar-refractivity contribution is 7.13. The monoisotopic (exact) mass is 399 g/mol. The molecule has 0 saturated carbocycles. The number of carbonyl (C=O) groups excluding carboxylic acids is 1. The quantitative estimate of drug-likeness (QED) is 0.729. The van der Waals surface area contributed by atoms with E-state index in [0.717, 1.165) is 30.0 Å². The van der Waals surface area contributed by atoms with Crippen LogP contribution in [0.3, 0.4) is 0 Å². The molecule has 1 unspecified atom stereocenters. The normalized spacial score (nSPS) is 16.9. The van der Waals surface area contributed by atoms with E-state index in [0.29, 0.717) is 10.9 Å². The first-order valence-electron chi connectivity index (χ1n) is 9.45. The number of benzene rings is 1. The molecule has 0 aliphatic carbocycles. The topological polar surface area (TPSA) is 72.5 Å². The maximum atomic E-state index is 12.1. The van der Waals surface area contributed by atoms with Crippen molar-refractivity contribution >= 4 is 17.2 Å². The van der Waals surface area contributed by atoms with E-state index in [1.807, 2.05) is 45.0 Å². The van der Waals surface area contributed by atoms with Gasteiger partial charge in [0.15, 0.2) is 0 Å². The molecule has 7 heteroatoms. The highest BCUT2D eigenvalue weighted by Crippen LogP contribution is 2.27. The molecule has 1 aromatic carbocycles. The summed E-state index contributed by atoms with van der Waals surface area (Å²) in [6, 6.07) is 7.11. The van der Waals surface area contributed by atoms with E-state index in [2.05, 4.69) is 27.5 Å². The van der Waals surface area contributed by atoms with Gasteiger partial charge in [0.05, 0.1) is 24.4 Å². The average molecular weight is 400 g/mol. The predicted molar refractivity (Wildman–Crippen MR) is 110 cm³/mol. The molecule has 0 radical (unpaired) electrons. The van der Waals surface area contributed by atoms with Crippen molar-refractivity contribution in [3.8, 4) is 28.5 Å². The van der Waals surface area contributed by atoms with Gasteiger partial charge in [-0.05, 0) is 64.4 Å². The number of carbonyl (C=O) groups is 1. The molecule has 1 fully saturated rings. The highest BCUT2D eigenvalue weighted by Gasteiger charge is 2.22. The number of rotatable bonds is 6. The lowest BCUT2D eigenvalue weighted by Crippen LogP contribution is -2.43. The third-order valence-electron chi connectivity index (χ3n) is 4.03. The van der Waals surface area contributed by atoms with Gasteiger partial charge in [-0.15, -0.1) is 0 Å². The Balaban J connectivity index is 1.52. The first kappa shape index (κ1) is 20.2. The smallest absolute Gasteiger partial charge is 0.279 e. The molecule has 3 rings (SSSR count). The molecule has 0 bridgehead atoms. The van der Waals surface area contributed by atoms with Gasteiger partial charge in [0.2, 0.25) is 5.91 Å². The number of nitrogens with zero attached hydrogens (tertiary/aromatic N) is 1. The summed E-state index contributed by atoms with van der Waals surface area (Å²) >= 11 is 1.37. The van der Waals surface area contributed by atoms with Crippen LogP contribution in [0, 0.1) is 11.8 Å². The van der Waals surface area contributed by atoms with Gasteiger partial charge >= 0.3 is 0 Å². The Bertz CT molecular complexity index is 846. The van der Waals surface area contributed by atoms with Crippen LogP contribution in [0.1, 0.15) is 38.5 Å². The highest BCUT2D eigenvalue weighted by atomic mass is 32.1. The maximum Gasteiger partial charge on any atom is 0.279 e. The van der Waals surface area contributed by atoms with E-state index in [-0.39, 0.29) is 24.1 Å². The number of hydrogen-bond donors (Lipinski definition) is 2. The fourth-order valence-electron chi connectivity index (χ4n) is 2.76. The summed E-state index contributed by atoms with van der Waals surface area (Å²) in [5, 5.41) is 6.63. The Morgan fingerprint density at radius 2 is 2.04 bits per heavy atom. The van der Waals surface area contributed by atoms with Crippen molar-refractivity contribution < 1.29 is 14.3 Å². The lowest BCUT2D eigenvalue weighted by atomic mass is 10.2. The molecule has 1 aliphatic rings. The van der Waals surface area contributed by atoms with Gasteiger partial charge in [-0.1, -0.05) is 23.2 Å². The van der Waals surface area contributed by atoms with Gasteiger partial charge in [0.25, 0.3) is 5.19 Å². The van der Waals surface area contributed by atoms with Gasteiger partial charge in [0.1, 0.15) is 16.4 Å². The third kappa shape index (κ3) is 5.98. The van der Waals surface area contributed by atoms with Crippen LogP contribution < -0.4 is 20.1 Å². The van der Waals surface area contributed by atoms with Crippen molar-refractivity contribution in [3.63, 3.8) is 0 Å². The molecule has 2 heterocycles. The molecule has 1 aromatic heterocycles. The summed E-state index contributed by atoms with van der Waals surface area (Å²) in [6.45, 7) is 6.75. The molecular formula is C21H25N3O3S. The Labute approximate surface area is 169 Å². The minimum Gasteiger partial charge on any atom is -0.491 e. The van der Waals surface area contributed by atoms with Gasteiger partial charge in [-0.2, -0.15) is 0 Å². The standard InChI is InChI=1S/C21H25N3O3S/c1-14(2)26-16-7-9-17(10-8-16)27-21-23-13-18(28-21)11-6-15(3)24-20(25)19-5-4-12-22-19/h7-10,13-15,19,22H,4-5,12H2,1-3H3,(H,24,25)/t15?,19-/m0/s1. The Hall–Kier alpha value is -2.56. The van der Waals surface area contributed by atoms with Crippen LogP contribution in [0.2, 0.25) is 0 Å². The summed E-state index contributed by atoms with van der Waals surface area (Å²) in [5.74, 6) is 7.60. The van der Waals surface area contributed by atoms with Gasteiger partial charge in [0, 0.05) is 0 Å². The number of thiazole rings is 1. The second-order valence-corrected chi connectivity index (χ2v) is 7.87. The fraction of sp³-hybridized carbons (Fsp3) is 0.429. The maximum absolute atomic E-state index is 12.1. The second kappa shape index (κ2) is 9.58. The second-order valence-electron chi connectivity index (χ2n) is 6.88. The van der Waals surface area contributed by atoms with Crippen LogP contribution in [0.5, 0.6) is 16.7 Å². The van der Waals surface area contributed by atoms with E-state index in [1.165, 1.54) is 11.3 Å². The minimum atomic E-state index is -0.227. The molecule has 1 saturated heterocycles. The summed E-state index contributed by atoms with van der Waals surface area (Å²) in [5.41, 5.74) is 0. The van der Waals surface area contributed by atoms with Crippen molar-refractivity contribution in [2.24, 2.45) is 0 Å². The fourth-order valence-corrected chi connectivity index (χ4v) is 3.41. The number of nitrogens with one attached hydrogen (secondary N) is 2. The van der Waals surface area contributed by atoms with Crippen LogP contribution >= 0.6 is 11.3 Å². The molecular weight excluding hydrogens is 374 g/mol. The van der Waals surface area contributed by atoms with Crippen molar-refractivity contribution in [1.29, 1.82) is 0 Å². The SMILES string of the molecule is CC(C#Cc1cnc(Oc2ccc(OC(C)C)cc2)s1)NC(=O)[C@@H]1CCCN1. The van der Waals surface area contributed by atoms with E-state index < -0.39 is 0 Å². The summed E-state index contributed by atoms with van der Waals surface area (Å²) in [7, 11) is 0. The third-order valence-corrected chi connectivity index (χ3v) is 4.82. The lowest BCUT2D eigenvalue weighted by molar-refractivity contribution is -0.123. The number of aromatic nitrogens is 1. The van der Waals surface area contributed by atoms with E-state index >= 15 is 0 Å². The molecule has 2 N–H and O–H groups in total. The van der Waals surface area contributed by atoms with Crippen molar-refractivity contribution in [2.45, 2.75) is 51.8 Å². The van der Waals surface area contributed by atoms with Crippen molar-refractivity contribution in [1.82, 2.24) is 15.6 Å². The van der Waals surface area contributed by atoms with Crippen molar-refractivity contribution in [2.75, 3.05) is 6.54 Å². The summed E-state index contributed by atoms with van der Waals surface area (Å²) < 4.78 is 11.4. The first-order valence-corrected chi connectivity index (χ1v) is 10.3. The van der Waals surface area contributed by atoms with E-state index in [4.69, 9.17) is 9.47 Å².